The molecule has 0 bridgehead atoms. The molecule has 1 N–H and O–H groups in total. The first-order valence-corrected chi connectivity index (χ1v) is 8.86. The van der Waals surface area contributed by atoms with Crippen LogP contribution < -0.4 is 15.6 Å². The van der Waals surface area contributed by atoms with Crippen LogP contribution in [0.25, 0.3) is 16.7 Å². The average molecular weight is 377 g/mol. The Morgan fingerprint density at radius 3 is 2.75 bits per heavy atom. The molecule has 0 atom stereocenters. The van der Waals surface area contributed by atoms with E-state index >= 15 is 0 Å². The maximum Gasteiger partial charge on any atom is 0.261 e. The minimum Gasteiger partial charge on any atom is -0.497 e. The fraction of sp³-hybridized carbons (Fsp3) is 0.200. The fourth-order valence-electron chi connectivity index (χ4n) is 3.09. The normalized spacial score (nSPS) is 11.0. The highest BCUT2D eigenvalue weighted by atomic mass is 16.5. The largest absolute Gasteiger partial charge is 0.497 e. The number of ether oxygens (including phenoxy) is 1. The standard InChI is InChI=1S/C20H19N5O3/c1-28-15-4-2-14(3-5-15)6-8-21-18(26)13-24-10-7-17-16(19(24)27)12-23-20-22-9-11-25(17)20/h2-5,7,9-12H,6,8,13H2,1H3,(H,21,26). The molecular formula is C20H19N5O3. The molecule has 4 rings (SSSR count). The van der Waals surface area contributed by atoms with Gasteiger partial charge < -0.3 is 14.6 Å². The predicted molar refractivity (Wildman–Crippen MR) is 104 cm³/mol. The van der Waals surface area contributed by atoms with Gasteiger partial charge in [-0.3, -0.25) is 14.0 Å². The molecule has 1 aromatic carbocycles. The number of imidazole rings is 1. The zero-order valence-corrected chi connectivity index (χ0v) is 15.3. The fourth-order valence-corrected chi connectivity index (χ4v) is 3.09. The molecule has 1 amide bonds. The van der Waals surface area contributed by atoms with Crippen LogP contribution in [-0.2, 0) is 17.8 Å². The van der Waals surface area contributed by atoms with E-state index in [4.69, 9.17) is 4.74 Å². The topological polar surface area (TPSA) is 90.5 Å². The summed E-state index contributed by atoms with van der Waals surface area (Å²) in [5, 5.41) is 3.29. The summed E-state index contributed by atoms with van der Waals surface area (Å²) in [5.74, 6) is 1.11. The van der Waals surface area contributed by atoms with E-state index in [0.29, 0.717) is 29.6 Å². The number of hydrogen-bond donors (Lipinski definition) is 1. The van der Waals surface area contributed by atoms with Crippen LogP contribution in [-0.4, -0.2) is 38.5 Å². The van der Waals surface area contributed by atoms with Gasteiger partial charge in [-0.25, -0.2) is 9.97 Å². The number of amides is 1. The van der Waals surface area contributed by atoms with Gasteiger partial charge in [-0.1, -0.05) is 12.1 Å². The van der Waals surface area contributed by atoms with Gasteiger partial charge in [0.1, 0.15) is 12.3 Å². The van der Waals surface area contributed by atoms with Crippen LogP contribution in [0.4, 0.5) is 0 Å². The quantitative estimate of drug-likeness (QED) is 0.549. The molecule has 4 aromatic rings. The molecule has 0 radical (unpaired) electrons. The molecule has 0 unspecified atom stereocenters. The van der Waals surface area contributed by atoms with Crippen LogP contribution >= 0.6 is 0 Å². The molecule has 0 aliphatic heterocycles. The van der Waals surface area contributed by atoms with Gasteiger partial charge in [0, 0.05) is 31.3 Å². The molecule has 0 aliphatic rings. The number of nitrogens with one attached hydrogen (secondary N) is 1. The van der Waals surface area contributed by atoms with E-state index in [-0.39, 0.29) is 18.0 Å². The molecule has 3 aromatic heterocycles. The lowest BCUT2D eigenvalue weighted by atomic mass is 10.1. The van der Waals surface area contributed by atoms with Crippen LogP contribution in [0.2, 0.25) is 0 Å². The van der Waals surface area contributed by atoms with Gasteiger partial charge in [0.2, 0.25) is 11.7 Å². The summed E-state index contributed by atoms with van der Waals surface area (Å²) in [5.41, 5.74) is 1.55. The van der Waals surface area contributed by atoms with Crippen molar-refractivity contribution in [2.75, 3.05) is 13.7 Å². The van der Waals surface area contributed by atoms with Crippen LogP contribution in [0, 0.1) is 0 Å². The van der Waals surface area contributed by atoms with Crippen molar-refractivity contribution >= 4 is 22.6 Å². The average Bonchev–Trinajstić information content (AvgIpc) is 3.20. The summed E-state index contributed by atoms with van der Waals surface area (Å²) in [6, 6.07) is 9.48. The SMILES string of the molecule is COc1ccc(CCNC(=O)Cn2ccc3c(cnc4nccn43)c2=O)cc1. The lowest BCUT2D eigenvalue weighted by molar-refractivity contribution is -0.121. The van der Waals surface area contributed by atoms with E-state index in [2.05, 4.69) is 15.3 Å². The molecule has 142 valence electrons. The number of rotatable bonds is 6. The molecule has 0 saturated carbocycles. The highest BCUT2D eigenvalue weighted by molar-refractivity contribution is 5.80. The van der Waals surface area contributed by atoms with Crippen LogP contribution in [0.3, 0.4) is 0 Å². The number of pyridine rings is 1. The van der Waals surface area contributed by atoms with E-state index in [1.54, 1.807) is 36.2 Å². The van der Waals surface area contributed by atoms with E-state index in [9.17, 15) is 9.59 Å². The van der Waals surface area contributed by atoms with Gasteiger partial charge in [0.05, 0.1) is 18.0 Å². The second-order valence-electron chi connectivity index (χ2n) is 6.35. The Morgan fingerprint density at radius 1 is 1.14 bits per heavy atom. The second-order valence-corrected chi connectivity index (χ2v) is 6.35. The maximum absolute atomic E-state index is 12.7. The van der Waals surface area contributed by atoms with Crippen LogP contribution in [0.1, 0.15) is 5.56 Å². The number of benzene rings is 1. The summed E-state index contributed by atoms with van der Waals surface area (Å²) in [6.07, 6.45) is 7.19. The smallest absolute Gasteiger partial charge is 0.261 e. The molecule has 28 heavy (non-hydrogen) atoms. The lowest BCUT2D eigenvalue weighted by Gasteiger charge is -2.09. The Hall–Kier alpha value is -3.68. The predicted octanol–water partition coefficient (Wildman–Crippen LogP) is 1.41. The van der Waals surface area contributed by atoms with Crippen molar-refractivity contribution in [3.05, 3.63) is 71.0 Å². The maximum atomic E-state index is 12.7. The number of nitrogens with zero attached hydrogens (tertiary/aromatic N) is 4. The zero-order valence-electron chi connectivity index (χ0n) is 15.3. The van der Waals surface area contributed by atoms with Crippen molar-refractivity contribution < 1.29 is 9.53 Å². The number of hydrogen-bond acceptors (Lipinski definition) is 5. The number of aromatic nitrogens is 4. The summed E-state index contributed by atoms with van der Waals surface area (Å²) in [7, 11) is 1.62. The highest BCUT2D eigenvalue weighted by Crippen LogP contribution is 2.12. The molecule has 8 nitrogen and oxygen atoms in total. The van der Waals surface area contributed by atoms with E-state index in [1.807, 2.05) is 24.3 Å². The third-order valence-corrected chi connectivity index (χ3v) is 4.58. The third kappa shape index (κ3) is 3.44. The summed E-state index contributed by atoms with van der Waals surface area (Å²) >= 11 is 0. The van der Waals surface area contributed by atoms with Gasteiger partial charge in [-0.2, -0.15) is 0 Å². The monoisotopic (exact) mass is 377 g/mol. The Labute approximate surface area is 160 Å². The minimum absolute atomic E-state index is 0.0423. The van der Waals surface area contributed by atoms with Crippen LogP contribution in [0.15, 0.2) is 59.9 Å². The highest BCUT2D eigenvalue weighted by Gasteiger charge is 2.10. The summed E-state index contributed by atoms with van der Waals surface area (Å²) < 4.78 is 8.26. The van der Waals surface area contributed by atoms with E-state index in [0.717, 1.165) is 11.3 Å². The number of carbonyl (C=O) groups excluding carboxylic acids is 1. The van der Waals surface area contributed by atoms with E-state index in [1.165, 1.54) is 10.8 Å². The van der Waals surface area contributed by atoms with Gasteiger partial charge in [-0.15, -0.1) is 0 Å². The number of methoxy groups -OCH3 is 1. The minimum atomic E-state index is -0.258. The Bertz CT molecular complexity index is 1190. The number of fused-ring (bicyclic) bond motifs is 3. The van der Waals surface area contributed by atoms with Crippen LogP contribution in [0.5, 0.6) is 5.75 Å². The van der Waals surface area contributed by atoms with Gasteiger partial charge >= 0.3 is 0 Å². The van der Waals surface area contributed by atoms with Gasteiger partial charge in [0.25, 0.3) is 5.56 Å². The molecule has 0 fully saturated rings. The number of carbonyl (C=O) groups is 1. The molecule has 8 heteroatoms. The van der Waals surface area contributed by atoms with Gasteiger partial charge in [-0.05, 0) is 30.2 Å². The van der Waals surface area contributed by atoms with Crippen molar-refractivity contribution in [3.63, 3.8) is 0 Å². The van der Waals surface area contributed by atoms with Crippen molar-refractivity contribution in [1.82, 2.24) is 24.3 Å². The van der Waals surface area contributed by atoms with E-state index < -0.39 is 0 Å². The van der Waals surface area contributed by atoms with Crippen molar-refractivity contribution in [1.29, 1.82) is 0 Å². The Morgan fingerprint density at radius 2 is 1.96 bits per heavy atom. The molecular weight excluding hydrogens is 358 g/mol. The zero-order chi connectivity index (χ0) is 19.5. The van der Waals surface area contributed by atoms with Gasteiger partial charge in [0.15, 0.2) is 0 Å². The first-order valence-electron chi connectivity index (χ1n) is 8.86. The molecule has 3 heterocycles. The van der Waals surface area contributed by atoms with Crippen molar-refractivity contribution in [2.45, 2.75) is 13.0 Å². The van der Waals surface area contributed by atoms with Crippen molar-refractivity contribution in [2.24, 2.45) is 0 Å². The summed E-state index contributed by atoms with van der Waals surface area (Å²) in [6.45, 7) is 0.448. The first kappa shape index (κ1) is 17.7. The lowest BCUT2D eigenvalue weighted by Crippen LogP contribution is -2.33. The van der Waals surface area contributed by atoms with Crippen molar-refractivity contribution in [3.8, 4) is 5.75 Å². The third-order valence-electron chi connectivity index (χ3n) is 4.58. The molecule has 0 spiro atoms. The first-order chi connectivity index (χ1) is 13.7. The molecule has 0 saturated heterocycles. The summed E-state index contributed by atoms with van der Waals surface area (Å²) in [4.78, 5) is 33.2. The Kier molecular flexibility index (Phi) is 4.76. The second kappa shape index (κ2) is 7.51. The Balaban J connectivity index is 1.42. The molecule has 0 aliphatic carbocycles.